The van der Waals surface area contributed by atoms with Gasteiger partial charge in [-0.25, -0.2) is 0 Å². The van der Waals surface area contributed by atoms with Crippen molar-refractivity contribution >= 4 is 23.4 Å². The Balaban J connectivity index is 2.42. The van der Waals surface area contributed by atoms with Crippen LogP contribution in [0.4, 0.5) is 5.69 Å². The van der Waals surface area contributed by atoms with Gasteiger partial charge >= 0.3 is 0 Å². The summed E-state index contributed by atoms with van der Waals surface area (Å²) in [6.45, 7) is 4.65. The van der Waals surface area contributed by atoms with Gasteiger partial charge in [0.2, 0.25) is 11.8 Å². The third-order valence-corrected chi connectivity index (χ3v) is 5.59. The maximum Gasteiger partial charge on any atom is 0.257 e. The molecule has 0 unspecified atom stereocenters. The highest BCUT2D eigenvalue weighted by Crippen LogP contribution is 2.27. The zero-order valence-corrected chi connectivity index (χ0v) is 20.3. The van der Waals surface area contributed by atoms with Crippen molar-refractivity contribution in [1.29, 1.82) is 0 Å². The second-order valence-corrected chi connectivity index (χ2v) is 8.27. The third kappa shape index (κ3) is 7.15. The zero-order valence-electron chi connectivity index (χ0n) is 20.3. The summed E-state index contributed by atoms with van der Waals surface area (Å²) in [5.41, 5.74) is 0.828. The molecule has 0 bridgehead atoms. The monoisotopic (exact) mass is 465 g/mol. The molecule has 10 heteroatoms. The number of rotatable bonds is 6. The molecule has 1 aliphatic rings. The quantitative estimate of drug-likeness (QED) is 0.674. The molecule has 0 aliphatic carbocycles. The van der Waals surface area contributed by atoms with E-state index in [4.69, 9.17) is 18.9 Å². The van der Waals surface area contributed by atoms with Gasteiger partial charge in [-0.2, -0.15) is 0 Å². The lowest BCUT2D eigenvalue weighted by atomic mass is 10.0. The summed E-state index contributed by atoms with van der Waals surface area (Å²) in [5, 5.41) is 2.71. The number of anilines is 1. The van der Waals surface area contributed by atoms with Crippen molar-refractivity contribution in [3.63, 3.8) is 0 Å². The van der Waals surface area contributed by atoms with Crippen molar-refractivity contribution in [3.05, 3.63) is 23.8 Å². The molecule has 1 aromatic rings. The van der Waals surface area contributed by atoms with Crippen molar-refractivity contribution in [2.24, 2.45) is 5.92 Å². The summed E-state index contributed by atoms with van der Waals surface area (Å²) in [6.07, 6.45) is -0.277. The largest absolute Gasteiger partial charge is 0.491 e. The fourth-order valence-corrected chi connectivity index (χ4v) is 3.73. The fourth-order valence-electron chi connectivity index (χ4n) is 3.73. The lowest BCUT2D eigenvalue weighted by Gasteiger charge is -2.36. The number of hydrogen-bond acceptors (Lipinski definition) is 7. The molecule has 3 atom stereocenters. The SMILES string of the molecule is COCC(=O)Nc1ccc2c(c1)OC[C@H](C)N(C(=O)COC)C[C@@H](C)[C@H](OC)CN(C)C2=O. The standard InChI is InChI=1S/C23H35N3O7/c1-15-10-26(22(28)14-31-5)16(2)12-33-19-9-17(24-21(27)13-30-4)7-8-18(19)23(29)25(3)11-20(15)32-6/h7-9,15-16,20H,10-14H2,1-6H3,(H,24,27)/t15-,16+,20-/m1/s1. The average Bonchev–Trinajstić information content (AvgIpc) is 2.78. The molecule has 0 saturated heterocycles. The minimum Gasteiger partial charge on any atom is -0.491 e. The first kappa shape index (κ1) is 26.6. The summed E-state index contributed by atoms with van der Waals surface area (Å²) >= 11 is 0. The smallest absolute Gasteiger partial charge is 0.257 e. The summed E-state index contributed by atoms with van der Waals surface area (Å²) in [6, 6.07) is 4.57. The Labute approximate surface area is 195 Å². The topological polar surface area (TPSA) is 107 Å². The molecule has 0 spiro atoms. The average molecular weight is 466 g/mol. The Kier molecular flexibility index (Phi) is 10.1. The number of benzene rings is 1. The predicted octanol–water partition coefficient (Wildman–Crippen LogP) is 1.25. The van der Waals surface area contributed by atoms with Crippen molar-refractivity contribution < 1.29 is 33.3 Å². The summed E-state index contributed by atoms with van der Waals surface area (Å²) in [5.74, 6) is -0.427. The Morgan fingerprint density at radius 3 is 2.45 bits per heavy atom. The van der Waals surface area contributed by atoms with Crippen LogP contribution >= 0.6 is 0 Å². The first-order chi connectivity index (χ1) is 15.7. The number of carbonyl (C=O) groups excluding carboxylic acids is 3. The van der Waals surface area contributed by atoms with E-state index in [0.29, 0.717) is 30.1 Å². The van der Waals surface area contributed by atoms with E-state index >= 15 is 0 Å². The van der Waals surface area contributed by atoms with Crippen molar-refractivity contribution in [2.75, 3.05) is 66.6 Å². The van der Waals surface area contributed by atoms with Crippen molar-refractivity contribution in [1.82, 2.24) is 9.80 Å². The molecular weight excluding hydrogens is 430 g/mol. The van der Waals surface area contributed by atoms with Gasteiger partial charge in [0.25, 0.3) is 5.91 Å². The molecule has 184 valence electrons. The van der Waals surface area contributed by atoms with Crippen LogP contribution in [0.15, 0.2) is 18.2 Å². The van der Waals surface area contributed by atoms with E-state index < -0.39 is 0 Å². The number of carbonyl (C=O) groups is 3. The van der Waals surface area contributed by atoms with Gasteiger partial charge in [0, 0.05) is 59.1 Å². The number of amides is 3. The van der Waals surface area contributed by atoms with Gasteiger partial charge in [0.1, 0.15) is 25.6 Å². The molecule has 33 heavy (non-hydrogen) atoms. The van der Waals surface area contributed by atoms with Gasteiger partial charge in [0.05, 0.1) is 17.7 Å². The maximum atomic E-state index is 13.2. The molecule has 0 fully saturated rings. The lowest BCUT2D eigenvalue weighted by molar-refractivity contribution is -0.139. The van der Waals surface area contributed by atoms with Crippen LogP contribution < -0.4 is 10.1 Å². The highest BCUT2D eigenvalue weighted by atomic mass is 16.5. The molecule has 1 aliphatic heterocycles. The highest BCUT2D eigenvalue weighted by Gasteiger charge is 2.30. The molecular formula is C23H35N3O7. The Morgan fingerprint density at radius 2 is 1.82 bits per heavy atom. The second kappa shape index (κ2) is 12.5. The van der Waals surface area contributed by atoms with Crippen molar-refractivity contribution in [3.8, 4) is 5.75 Å². The molecule has 0 aromatic heterocycles. The van der Waals surface area contributed by atoms with Gasteiger partial charge in [-0.1, -0.05) is 6.92 Å². The number of hydrogen-bond donors (Lipinski definition) is 1. The predicted molar refractivity (Wildman–Crippen MR) is 122 cm³/mol. The van der Waals surface area contributed by atoms with E-state index in [9.17, 15) is 14.4 Å². The van der Waals surface area contributed by atoms with Crippen LogP contribution in [0.5, 0.6) is 5.75 Å². The van der Waals surface area contributed by atoms with E-state index in [1.165, 1.54) is 14.2 Å². The second-order valence-electron chi connectivity index (χ2n) is 8.27. The van der Waals surface area contributed by atoms with Crippen LogP contribution in [-0.4, -0.2) is 101 Å². The Morgan fingerprint density at radius 1 is 1.12 bits per heavy atom. The molecule has 10 nitrogen and oxygen atoms in total. The van der Waals surface area contributed by atoms with Gasteiger partial charge in [-0.15, -0.1) is 0 Å². The van der Waals surface area contributed by atoms with E-state index in [1.54, 1.807) is 42.2 Å². The molecule has 0 radical (unpaired) electrons. The number of likely N-dealkylation sites (N-methyl/N-ethyl adjacent to an activating group) is 1. The summed E-state index contributed by atoms with van der Waals surface area (Å²) in [7, 11) is 6.21. The van der Waals surface area contributed by atoms with Crippen LogP contribution in [0.1, 0.15) is 24.2 Å². The summed E-state index contributed by atoms with van der Waals surface area (Å²) < 4.78 is 21.6. The van der Waals surface area contributed by atoms with Crippen molar-refractivity contribution in [2.45, 2.75) is 26.0 Å². The van der Waals surface area contributed by atoms with E-state index in [0.717, 1.165) is 0 Å². The van der Waals surface area contributed by atoms with E-state index in [2.05, 4.69) is 5.32 Å². The first-order valence-electron chi connectivity index (χ1n) is 10.8. The van der Waals surface area contributed by atoms with Gasteiger partial charge in [0.15, 0.2) is 0 Å². The first-order valence-corrected chi connectivity index (χ1v) is 10.8. The number of fused-ring (bicyclic) bond motifs is 1. The minimum atomic E-state index is -0.323. The third-order valence-electron chi connectivity index (χ3n) is 5.59. The van der Waals surface area contributed by atoms with Crippen LogP contribution in [0.2, 0.25) is 0 Å². The van der Waals surface area contributed by atoms with E-state index in [-0.39, 0.29) is 55.6 Å². The minimum absolute atomic E-state index is 0.0363. The van der Waals surface area contributed by atoms with Gasteiger partial charge < -0.3 is 34.1 Å². The van der Waals surface area contributed by atoms with Gasteiger partial charge in [-0.05, 0) is 19.1 Å². The Hall–Kier alpha value is -2.69. The number of nitrogens with zero attached hydrogens (tertiary/aromatic N) is 2. The molecule has 0 saturated carbocycles. The Bertz CT molecular complexity index is 832. The van der Waals surface area contributed by atoms with Crippen LogP contribution in [0, 0.1) is 5.92 Å². The maximum absolute atomic E-state index is 13.2. The number of methoxy groups -OCH3 is 3. The lowest BCUT2D eigenvalue weighted by Crippen LogP contribution is -2.49. The van der Waals surface area contributed by atoms with Crippen LogP contribution in [0.25, 0.3) is 0 Å². The summed E-state index contributed by atoms with van der Waals surface area (Å²) in [4.78, 5) is 41.1. The normalized spacial score (nSPS) is 22.0. The van der Waals surface area contributed by atoms with Crippen LogP contribution in [0.3, 0.4) is 0 Å². The molecule has 1 N–H and O–H groups in total. The number of ether oxygens (including phenoxy) is 4. The number of nitrogens with one attached hydrogen (secondary N) is 1. The van der Waals surface area contributed by atoms with Gasteiger partial charge in [-0.3, -0.25) is 14.4 Å². The van der Waals surface area contributed by atoms with Crippen LogP contribution in [-0.2, 0) is 23.8 Å². The molecule has 3 amide bonds. The highest BCUT2D eigenvalue weighted by molar-refractivity contribution is 5.98. The molecule has 1 heterocycles. The zero-order chi connectivity index (χ0) is 24.5. The fraction of sp³-hybridized carbons (Fsp3) is 0.609. The van der Waals surface area contributed by atoms with E-state index in [1.807, 2.05) is 13.8 Å². The molecule has 1 aromatic carbocycles. The molecule has 2 rings (SSSR count).